The number of hydrogen-bond donors (Lipinski definition) is 1. The lowest BCUT2D eigenvalue weighted by molar-refractivity contribution is 0.0583. The van der Waals surface area contributed by atoms with Gasteiger partial charge in [-0.1, -0.05) is 43.2 Å². The third kappa shape index (κ3) is 2.70. The average Bonchev–Trinajstić information content (AvgIpc) is 2.33. The van der Waals surface area contributed by atoms with Gasteiger partial charge in [-0.05, 0) is 18.8 Å². The molecule has 1 aliphatic carbocycles. The first kappa shape index (κ1) is 11.3. The Kier molecular flexibility index (Phi) is 3.73. The van der Waals surface area contributed by atoms with Crippen LogP contribution in [0.25, 0.3) is 0 Å². The topological polar surface area (TPSA) is 37.3 Å². The van der Waals surface area contributed by atoms with Gasteiger partial charge in [0.2, 0.25) is 0 Å². The van der Waals surface area contributed by atoms with Crippen molar-refractivity contribution in [1.82, 2.24) is 0 Å². The molecule has 2 rings (SSSR count). The van der Waals surface area contributed by atoms with Crippen LogP contribution >= 0.6 is 0 Å². The van der Waals surface area contributed by atoms with Crippen LogP contribution in [0.2, 0.25) is 0 Å². The monoisotopic (exact) mass is 218 g/mol. The van der Waals surface area contributed by atoms with E-state index in [4.69, 9.17) is 0 Å². The van der Waals surface area contributed by atoms with E-state index in [0.717, 1.165) is 31.2 Å². The van der Waals surface area contributed by atoms with E-state index >= 15 is 0 Å². The van der Waals surface area contributed by atoms with Crippen LogP contribution in [0.3, 0.4) is 0 Å². The van der Waals surface area contributed by atoms with Crippen molar-refractivity contribution in [2.45, 2.75) is 38.2 Å². The summed E-state index contributed by atoms with van der Waals surface area (Å²) in [6.45, 7) is 0. The Hall–Kier alpha value is -1.15. The van der Waals surface area contributed by atoms with E-state index in [1.54, 1.807) is 0 Å². The summed E-state index contributed by atoms with van der Waals surface area (Å²) in [7, 11) is 0. The Morgan fingerprint density at radius 2 is 1.88 bits per heavy atom. The molecule has 16 heavy (non-hydrogen) atoms. The molecule has 86 valence electrons. The zero-order chi connectivity index (χ0) is 11.4. The van der Waals surface area contributed by atoms with Crippen molar-refractivity contribution in [3.05, 3.63) is 35.9 Å². The van der Waals surface area contributed by atoms with Crippen LogP contribution < -0.4 is 0 Å². The SMILES string of the molecule is O=C(CC1CCCCC1O)c1ccccc1. The highest BCUT2D eigenvalue weighted by molar-refractivity contribution is 5.96. The van der Waals surface area contributed by atoms with Crippen molar-refractivity contribution in [2.24, 2.45) is 5.92 Å². The number of hydrogen-bond acceptors (Lipinski definition) is 2. The van der Waals surface area contributed by atoms with Crippen LogP contribution in [0.1, 0.15) is 42.5 Å². The van der Waals surface area contributed by atoms with Crippen LogP contribution in [0.4, 0.5) is 0 Å². The fourth-order valence-electron chi connectivity index (χ4n) is 2.41. The highest BCUT2D eigenvalue weighted by Crippen LogP contribution is 2.28. The minimum absolute atomic E-state index is 0.159. The maximum Gasteiger partial charge on any atom is 0.163 e. The Balaban J connectivity index is 1.96. The molecule has 0 spiro atoms. The molecule has 1 aromatic rings. The third-order valence-corrected chi connectivity index (χ3v) is 3.41. The highest BCUT2D eigenvalue weighted by Gasteiger charge is 2.25. The van der Waals surface area contributed by atoms with Crippen molar-refractivity contribution in [3.8, 4) is 0 Å². The molecule has 2 heteroatoms. The van der Waals surface area contributed by atoms with Gasteiger partial charge in [0.05, 0.1) is 6.10 Å². The molecule has 0 amide bonds. The zero-order valence-electron chi connectivity index (χ0n) is 9.43. The van der Waals surface area contributed by atoms with E-state index in [1.165, 1.54) is 0 Å². The predicted octanol–water partition coefficient (Wildman–Crippen LogP) is 2.81. The zero-order valence-corrected chi connectivity index (χ0v) is 9.43. The van der Waals surface area contributed by atoms with E-state index in [1.807, 2.05) is 30.3 Å². The van der Waals surface area contributed by atoms with Crippen molar-refractivity contribution in [3.63, 3.8) is 0 Å². The van der Waals surface area contributed by atoms with Gasteiger partial charge >= 0.3 is 0 Å². The number of ketones is 1. The molecular weight excluding hydrogens is 200 g/mol. The molecule has 1 fully saturated rings. The Morgan fingerprint density at radius 3 is 2.56 bits per heavy atom. The molecule has 1 aliphatic rings. The summed E-state index contributed by atoms with van der Waals surface area (Å²) in [6, 6.07) is 9.36. The first-order chi connectivity index (χ1) is 7.77. The summed E-state index contributed by atoms with van der Waals surface area (Å²) < 4.78 is 0. The molecule has 0 heterocycles. The van der Waals surface area contributed by atoms with Gasteiger partial charge in [0.1, 0.15) is 0 Å². The van der Waals surface area contributed by atoms with E-state index in [2.05, 4.69) is 0 Å². The van der Waals surface area contributed by atoms with Crippen molar-refractivity contribution >= 4 is 5.78 Å². The molecule has 1 aromatic carbocycles. The molecule has 1 N–H and O–H groups in total. The summed E-state index contributed by atoms with van der Waals surface area (Å²) in [6.07, 6.45) is 4.29. The Morgan fingerprint density at radius 1 is 1.19 bits per heavy atom. The average molecular weight is 218 g/mol. The third-order valence-electron chi connectivity index (χ3n) is 3.41. The number of carbonyl (C=O) groups excluding carboxylic acids is 1. The molecule has 2 atom stereocenters. The van der Waals surface area contributed by atoms with E-state index in [-0.39, 0.29) is 17.8 Å². The normalized spacial score (nSPS) is 25.3. The number of rotatable bonds is 3. The van der Waals surface area contributed by atoms with Crippen LogP contribution in [0.5, 0.6) is 0 Å². The summed E-state index contributed by atoms with van der Waals surface area (Å²) in [5, 5.41) is 9.81. The van der Waals surface area contributed by atoms with Crippen LogP contribution in [-0.2, 0) is 0 Å². The van der Waals surface area contributed by atoms with Crippen molar-refractivity contribution in [1.29, 1.82) is 0 Å². The molecule has 0 saturated heterocycles. The van der Waals surface area contributed by atoms with Crippen molar-refractivity contribution in [2.75, 3.05) is 0 Å². The molecule has 2 nitrogen and oxygen atoms in total. The molecule has 1 saturated carbocycles. The lowest BCUT2D eigenvalue weighted by atomic mass is 9.82. The van der Waals surface area contributed by atoms with Gasteiger partial charge in [-0.15, -0.1) is 0 Å². The molecule has 2 unspecified atom stereocenters. The van der Waals surface area contributed by atoms with Gasteiger partial charge in [-0.2, -0.15) is 0 Å². The summed E-state index contributed by atoms with van der Waals surface area (Å²) in [5.41, 5.74) is 0.764. The van der Waals surface area contributed by atoms with Gasteiger partial charge in [0.15, 0.2) is 5.78 Å². The number of aliphatic hydroxyl groups excluding tert-OH is 1. The van der Waals surface area contributed by atoms with Crippen LogP contribution in [-0.4, -0.2) is 17.0 Å². The van der Waals surface area contributed by atoms with Gasteiger partial charge in [0, 0.05) is 12.0 Å². The summed E-state index contributed by atoms with van der Waals surface area (Å²) in [4.78, 5) is 11.9. The van der Waals surface area contributed by atoms with E-state index in [0.29, 0.717) is 6.42 Å². The molecular formula is C14H18O2. The summed E-state index contributed by atoms with van der Waals surface area (Å²) >= 11 is 0. The fraction of sp³-hybridized carbons (Fsp3) is 0.500. The summed E-state index contributed by atoms with van der Waals surface area (Å²) in [5.74, 6) is 0.327. The maximum absolute atomic E-state index is 11.9. The van der Waals surface area contributed by atoms with Gasteiger partial charge in [-0.3, -0.25) is 4.79 Å². The second kappa shape index (κ2) is 5.26. The number of aliphatic hydroxyl groups is 1. The second-order valence-corrected chi connectivity index (χ2v) is 4.61. The Bertz CT molecular complexity index is 345. The maximum atomic E-state index is 11.9. The van der Waals surface area contributed by atoms with E-state index < -0.39 is 0 Å². The van der Waals surface area contributed by atoms with Crippen molar-refractivity contribution < 1.29 is 9.90 Å². The number of Topliss-reactive ketones (excluding diaryl/α,β-unsaturated/α-hetero) is 1. The number of benzene rings is 1. The standard InChI is InChI=1S/C14H18O2/c15-13-9-5-4-8-12(13)10-14(16)11-6-2-1-3-7-11/h1-3,6-7,12-13,15H,4-5,8-10H2. The Labute approximate surface area is 96.3 Å². The highest BCUT2D eigenvalue weighted by atomic mass is 16.3. The van der Waals surface area contributed by atoms with Crippen LogP contribution in [0, 0.1) is 5.92 Å². The first-order valence-corrected chi connectivity index (χ1v) is 6.03. The van der Waals surface area contributed by atoms with Gasteiger partial charge in [-0.25, -0.2) is 0 Å². The predicted molar refractivity (Wildman–Crippen MR) is 63.4 cm³/mol. The van der Waals surface area contributed by atoms with E-state index in [9.17, 15) is 9.90 Å². The van der Waals surface area contributed by atoms with Gasteiger partial charge < -0.3 is 5.11 Å². The first-order valence-electron chi connectivity index (χ1n) is 6.03. The van der Waals surface area contributed by atoms with Gasteiger partial charge in [0.25, 0.3) is 0 Å². The van der Waals surface area contributed by atoms with Crippen LogP contribution in [0.15, 0.2) is 30.3 Å². The minimum atomic E-state index is -0.276. The molecule has 0 radical (unpaired) electrons. The fourth-order valence-corrected chi connectivity index (χ4v) is 2.41. The second-order valence-electron chi connectivity index (χ2n) is 4.61. The molecule has 0 aliphatic heterocycles. The lowest BCUT2D eigenvalue weighted by Crippen LogP contribution is -2.26. The number of carbonyl (C=O) groups is 1. The molecule has 0 aromatic heterocycles. The minimum Gasteiger partial charge on any atom is -0.393 e. The quantitative estimate of drug-likeness (QED) is 0.792. The molecule has 0 bridgehead atoms. The smallest absolute Gasteiger partial charge is 0.163 e. The lowest BCUT2D eigenvalue weighted by Gasteiger charge is -2.26. The largest absolute Gasteiger partial charge is 0.393 e.